The molecule has 1 unspecified atom stereocenters. The molecule has 0 bridgehead atoms. The van der Waals surface area contributed by atoms with Gasteiger partial charge in [-0.25, -0.2) is 0 Å². The van der Waals surface area contributed by atoms with E-state index in [0.29, 0.717) is 0 Å². The van der Waals surface area contributed by atoms with Crippen molar-refractivity contribution in [1.29, 1.82) is 0 Å². The number of rotatable bonds is 0. The largest absolute Gasteiger partial charge is 0.358 e. The Kier molecular flexibility index (Phi) is 2.36. The highest BCUT2D eigenvalue weighted by atomic mass is 79.9. The third kappa shape index (κ3) is 1.51. The standard InChI is InChI=1S/C14H16BrN/c1-8-3-4-13-11(5-8)12-7-10(15)6-9(2)14(12)16-13/h6-8,16H,3-5H2,1-2H3. The maximum Gasteiger partial charge on any atom is 0.0489 e. The molecule has 2 aromatic rings. The quantitative estimate of drug-likeness (QED) is 0.736. The van der Waals surface area contributed by atoms with Gasteiger partial charge in [0.15, 0.2) is 0 Å². The zero-order valence-electron chi connectivity index (χ0n) is 9.73. The summed E-state index contributed by atoms with van der Waals surface area (Å²) in [5.41, 5.74) is 5.70. The van der Waals surface area contributed by atoms with Crippen LogP contribution in [-0.4, -0.2) is 4.98 Å². The molecule has 0 aliphatic heterocycles. The number of H-pyrrole nitrogens is 1. The van der Waals surface area contributed by atoms with E-state index in [1.54, 1.807) is 5.56 Å². The van der Waals surface area contributed by atoms with Gasteiger partial charge in [-0.3, -0.25) is 0 Å². The topological polar surface area (TPSA) is 15.8 Å². The second kappa shape index (κ2) is 3.63. The Balaban J connectivity index is 2.30. The van der Waals surface area contributed by atoms with Gasteiger partial charge in [-0.1, -0.05) is 22.9 Å². The van der Waals surface area contributed by atoms with Crippen molar-refractivity contribution >= 4 is 26.8 Å². The van der Waals surface area contributed by atoms with Gasteiger partial charge in [0.2, 0.25) is 0 Å². The maximum absolute atomic E-state index is 3.61. The van der Waals surface area contributed by atoms with Crippen LogP contribution in [0.2, 0.25) is 0 Å². The Hall–Kier alpha value is -0.760. The number of aryl methyl sites for hydroxylation is 2. The molecule has 0 saturated carbocycles. The monoisotopic (exact) mass is 277 g/mol. The van der Waals surface area contributed by atoms with Crippen LogP contribution in [0.25, 0.3) is 10.9 Å². The molecule has 1 N–H and O–H groups in total. The van der Waals surface area contributed by atoms with E-state index in [9.17, 15) is 0 Å². The van der Waals surface area contributed by atoms with Gasteiger partial charge in [-0.2, -0.15) is 0 Å². The Morgan fingerprint density at radius 1 is 1.38 bits per heavy atom. The summed E-state index contributed by atoms with van der Waals surface area (Å²) in [6, 6.07) is 4.45. The minimum absolute atomic E-state index is 0.825. The molecule has 0 radical (unpaired) electrons. The lowest BCUT2D eigenvalue weighted by Gasteiger charge is -2.18. The van der Waals surface area contributed by atoms with Crippen LogP contribution in [0.5, 0.6) is 0 Å². The molecule has 0 saturated heterocycles. The summed E-state index contributed by atoms with van der Waals surface area (Å²) in [4.78, 5) is 3.61. The molecule has 3 rings (SSSR count). The number of aromatic nitrogens is 1. The Labute approximate surface area is 104 Å². The molecule has 0 fully saturated rings. The fourth-order valence-electron chi connectivity index (χ4n) is 2.82. The van der Waals surface area contributed by atoms with Gasteiger partial charge >= 0.3 is 0 Å². The highest BCUT2D eigenvalue weighted by Gasteiger charge is 2.20. The average Bonchev–Trinajstić information content (AvgIpc) is 2.57. The molecular weight excluding hydrogens is 262 g/mol. The van der Waals surface area contributed by atoms with E-state index in [-0.39, 0.29) is 0 Å². The summed E-state index contributed by atoms with van der Waals surface area (Å²) >= 11 is 3.60. The second-order valence-electron chi connectivity index (χ2n) is 5.08. The summed E-state index contributed by atoms with van der Waals surface area (Å²) < 4.78 is 1.19. The number of hydrogen-bond donors (Lipinski definition) is 1. The maximum atomic E-state index is 3.61. The Morgan fingerprint density at radius 2 is 2.19 bits per heavy atom. The van der Waals surface area contributed by atoms with E-state index >= 15 is 0 Å². The molecule has 1 aliphatic carbocycles. The molecule has 1 aliphatic rings. The lowest BCUT2D eigenvalue weighted by atomic mass is 9.88. The molecule has 1 nitrogen and oxygen atoms in total. The molecule has 16 heavy (non-hydrogen) atoms. The minimum atomic E-state index is 0.825. The number of hydrogen-bond acceptors (Lipinski definition) is 0. The summed E-state index contributed by atoms with van der Waals surface area (Å²) in [5.74, 6) is 0.825. The van der Waals surface area contributed by atoms with Crippen LogP contribution >= 0.6 is 15.9 Å². The minimum Gasteiger partial charge on any atom is -0.358 e. The van der Waals surface area contributed by atoms with Crippen molar-refractivity contribution in [2.24, 2.45) is 5.92 Å². The van der Waals surface area contributed by atoms with Gasteiger partial charge in [0.25, 0.3) is 0 Å². The summed E-state index contributed by atoms with van der Waals surface area (Å²) in [5, 5.41) is 1.42. The smallest absolute Gasteiger partial charge is 0.0489 e. The Morgan fingerprint density at radius 3 is 3.00 bits per heavy atom. The number of aromatic amines is 1. The molecule has 1 atom stereocenters. The lowest BCUT2D eigenvalue weighted by Crippen LogP contribution is -2.09. The highest BCUT2D eigenvalue weighted by molar-refractivity contribution is 9.10. The van der Waals surface area contributed by atoms with Gasteiger partial charge in [-0.05, 0) is 55.4 Å². The van der Waals surface area contributed by atoms with E-state index in [1.807, 2.05) is 0 Å². The highest BCUT2D eigenvalue weighted by Crippen LogP contribution is 2.34. The van der Waals surface area contributed by atoms with Crippen LogP contribution in [-0.2, 0) is 12.8 Å². The van der Waals surface area contributed by atoms with Crippen LogP contribution in [0.1, 0.15) is 30.2 Å². The zero-order chi connectivity index (χ0) is 11.3. The van der Waals surface area contributed by atoms with Crippen LogP contribution < -0.4 is 0 Å². The summed E-state index contributed by atoms with van der Waals surface area (Å²) in [6.45, 7) is 4.53. The van der Waals surface area contributed by atoms with E-state index in [1.165, 1.54) is 45.9 Å². The number of nitrogens with one attached hydrogen (secondary N) is 1. The van der Waals surface area contributed by atoms with Gasteiger partial charge in [0.05, 0.1) is 0 Å². The molecule has 1 heterocycles. The van der Waals surface area contributed by atoms with Crippen LogP contribution in [0, 0.1) is 12.8 Å². The first-order chi connectivity index (χ1) is 7.65. The molecule has 84 valence electrons. The molecule has 1 aromatic carbocycles. The summed E-state index contributed by atoms with van der Waals surface area (Å²) in [6.07, 6.45) is 3.76. The first kappa shape index (κ1) is 10.4. The van der Waals surface area contributed by atoms with Gasteiger partial charge < -0.3 is 4.98 Å². The number of halogens is 1. The fourth-order valence-corrected chi connectivity index (χ4v) is 3.40. The molecule has 0 amide bonds. The predicted molar refractivity (Wildman–Crippen MR) is 71.9 cm³/mol. The normalized spacial score (nSPS) is 20.1. The average molecular weight is 278 g/mol. The number of benzene rings is 1. The van der Waals surface area contributed by atoms with E-state index < -0.39 is 0 Å². The molecule has 2 heteroatoms. The van der Waals surface area contributed by atoms with Crippen molar-refractivity contribution in [3.8, 4) is 0 Å². The SMILES string of the molecule is Cc1cc(Br)cc2c3c([nH]c12)CCC(C)C3. The van der Waals surface area contributed by atoms with Crippen molar-refractivity contribution in [1.82, 2.24) is 4.98 Å². The van der Waals surface area contributed by atoms with Crippen LogP contribution in [0.3, 0.4) is 0 Å². The third-order valence-electron chi connectivity index (χ3n) is 3.71. The van der Waals surface area contributed by atoms with E-state index in [2.05, 4.69) is 46.9 Å². The van der Waals surface area contributed by atoms with Gasteiger partial charge in [-0.15, -0.1) is 0 Å². The molecule has 1 aromatic heterocycles. The van der Waals surface area contributed by atoms with Gasteiger partial charge in [0.1, 0.15) is 0 Å². The van der Waals surface area contributed by atoms with Crippen molar-refractivity contribution in [2.45, 2.75) is 33.1 Å². The molecular formula is C14H16BrN. The van der Waals surface area contributed by atoms with E-state index in [0.717, 1.165) is 5.92 Å². The second-order valence-corrected chi connectivity index (χ2v) is 5.99. The van der Waals surface area contributed by atoms with Crippen molar-refractivity contribution in [3.05, 3.63) is 33.4 Å². The first-order valence-corrected chi connectivity index (χ1v) is 6.74. The predicted octanol–water partition coefficient (Wildman–Crippen LogP) is 4.36. The van der Waals surface area contributed by atoms with Gasteiger partial charge in [0, 0.05) is 21.1 Å². The summed E-state index contributed by atoms with van der Waals surface area (Å²) in [7, 11) is 0. The third-order valence-corrected chi connectivity index (χ3v) is 4.16. The van der Waals surface area contributed by atoms with Crippen molar-refractivity contribution < 1.29 is 0 Å². The van der Waals surface area contributed by atoms with E-state index in [4.69, 9.17) is 0 Å². The Bertz CT molecular complexity index is 553. The zero-order valence-corrected chi connectivity index (χ0v) is 11.3. The molecule has 0 spiro atoms. The lowest BCUT2D eigenvalue weighted by molar-refractivity contribution is 0.499. The fraction of sp³-hybridized carbons (Fsp3) is 0.429. The van der Waals surface area contributed by atoms with Crippen molar-refractivity contribution in [2.75, 3.05) is 0 Å². The van der Waals surface area contributed by atoms with Crippen molar-refractivity contribution in [3.63, 3.8) is 0 Å². The van der Waals surface area contributed by atoms with Crippen LogP contribution in [0.15, 0.2) is 16.6 Å². The number of fused-ring (bicyclic) bond motifs is 3. The first-order valence-electron chi connectivity index (χ1n) is 5.94. The van der Waals surface area contributed by atoms with Crippen LogP contribution in [0.4, 0.5) is 0 Å².